The van der Waals surface area contributed by atoms with Crippen molar-refractivity contribution < 1.29 is 0 Å². The summed E-state index contributed by atoms with van der Waals surface area (Å²) in [6.45, 7) is 14.7. The van der Waals surface area contributed by atoms with Gasteiger partial charge in [0.15, 0.2) is 0 Å². The molecule has 0 aromatic heterocycles. The molecule has 2 unspecified atom stereocenters. The van der Waals surface area contributed by atoms with Crippen molar-refractivity contribution in [2.24, 2.45) is 17.8 Å². The average Bonchev–Trinajstić information content (AvgIpc) is 2.44. The lowest BCUT2D eigenvalue weighted by atomic mass is 9.87. The van der Waals surface area contributed by atoms with Crippen LogP contribution in [0.15, 0.2) is 25.3 Å². The Morgan fingerprint density at radius 1 is 0.714 bits per heavy atom. The van der Waals surface area contributed by atoms with Crippen molar-refractivity contribution >= 4 is 0 Å². The molecule has 0 rings (SSSR count). The van der Waals surface area contributed by atoms with Gasteiger partial charge in [0.25, 0.3) is 0 Å². The van der Waals surface area contributed by atoms with Crippen LogP contribution in [0.2, 0.25) is 0 Å². The molecule has 0 aliphatic rings. The van der Waals surface area contributed by atoms with E-state index in [1.165, 1.54) is 70.6 Å². The molecule has 0 heterocycles. The van der Waals surface area contributed by atoms with Crippen molar-refractivity contribution in [3.63, 3.8) is 0 Å². The maximum atomic E-state index is 3.85. The maximum absolute atomic E-state index is 3.85. The van der Waals surface area contributed by atoms with Crippen LogP contribution in [-0.4, -0.2) is 0 Å². The standard InChI is InChI=1S/C21H40/c1-6-9-16-21(17-10-14-19(4)12-7-2)18-11-15-20(5)13-8-3/h7-8,19-21H,2-3,6,9-18H2,1,4-5H3. The highest BCUT2D eigenvalue weighted by atomic mass is 14.2. The monoisotopic (exact) mass is 292 g/mol. The van der Waals surface area contributed by atoms with Gasteiger partial charge < -0.3 is 0 Å². The SMILES string of the molecule is C=CCC(C)CCCC(CCCC)CCCC(C)CC=C. The molecule has 0 saturated heterocycles. The Hall–Kier alpha value is -0.520. The van der Waals surface area contributed by atoms with Crippen LogP contribution in [0.25, 0.3) is 0 Å². The zero-order chi connectivity index (χ0) is 15.9. The number of rotatable bonds is 15. The zero-order valence-corrected chi connectivity index (χ0v) is 15.1. The Morgan fingerprint density at radius 2 is 1.14 bits per heavy atom. The molecule has 0 nitrogen and oxygen atoms in total. The number of unbranched alkanes of at least 4 members (excludes halogenated alkanes) is 1. The summed E-state index contributed by atoms with van der Waals surface area (Å²) in [5.74, 6) is 2.61. The largest absolute Gasteiger partial charge is 0.103 e. The van der Waals surface area contributed by atoms with E-state index in [0.717, 1.165) is 17.8 Å². The number of hydrogen-bond donors (Lipinski definition) is 0. The highest BCUT2D eigenvalue weighted by Gasteiger charge is 2.10. The summed E-state index contributed by atoms with van der Waals surface area (Å²) >= 11 is 0. The van der Waals surface area contributed by atoms with Gasteiger partial charge in [0.1, 0.15) is 0 Å². The van der Waals surface area contributed by atoms with Crippen LogP contribution in [0, 0.1) is 17.8 Å². The second-order valence-electron chi connectivity index (χ2n) is 7.13. The van der Waals surface area contributed by atoms with Gasteiger partial charge in [0.2, 0.25) is 0 Å². The summed E-state index contributed by atoms with van der Waals surface area (Å²) in [5.41, 5.74) is 0. The summed E-state index contributed by atoms with van der Waals surface area (Å²) < 4.78 is 0. The minimum absolute atomic E-state index is 0.821. The predicted molar refractivity (Wildman–Crippen MR) is 98.7 cm³/mol. The summed E-state index contributed by atoms with van der Waals surface area (Å²) in [5, 5.41) is 0. The lowest BCUT2D eigenvalue weighted by Crippen LogP contribution is -2.04. The molecule has 0 aliphatic heterocycles. The topological polar surface area (TPSA) is 0 Å². The van der Waals surface area contributed by atoms with E-state index in [2.05, 4.69) is 46.1 Å². The van der Waals surface area contributed by atoms with E-state index in [4.69, 9.17) is 0 Å². The Kier molecular flexibility index (Phi) is 14.1. The molecular formula is C21H40. The van der Waals surface area contributed by atoms with Crippen LogP contribution in [-0.2, 0) is 0 Å². The Labute approximate surface area is 135 Å². The first-order chi connectivity index (χ1) is 10.1. The fourth-order valence-electron chi connectivity index (χ4n) is 3.24. The van der Waals surface area contributed by atoms with Crippen molar-refractivity contribution in [1.29, 1.82) is 0 Å². The van der Waals surface area contributed by atoms with E-state index < -0.39 is 0 Å². The van der Waals surface area contributed by atoms with Crippen LogP contribution in [0.1, 0.15) is 91.4 Å². The molecule has 124 valence electrons. The lowest BCUT2D eigenvalue weighted by molar-refractivity contribution is 0.350. The first-order valence-corrected chi connectivity index (χ1v) is 9.35. The number of allylic oxidation sites excluding steroid dienone is 2. The van der Waals surface area contributed by atoms with E-state index in [-0.39, 0.29) is 0 Å². The summed E-state index contributed by atoms with van der Waals surface area (Å²) in [6, 6.07) is 0. The second-order valence-corrected chi connectivity index (χ2v) is 7.13. The summed E-state index contributed by atoms with van der Waals surface area (Å²) in [4.78, 5) is 0. The van der Waals surface area contributed by atoms with Crippen molar-refractivity contribution in [3.05, 3.63) is 25.3 Å². The quantitative estimate of drug-likeness (QED) is 0.273. The molecular weight excluding hydrogens is 252 g/mol. The van der Waals surface area contributed by atoms with Gasteiger partial charge in [0.05, 0.1) is 0 Å². The molecule has 0 amide bonds. The maximum Gasteiger partial charge on any atom is -0.0328 e. The first kappa shape index (κ1) is 20.5. The van der Waals surface area contributed by atoms with Gasteiger partial charge in [-0.05, 0) is 30.6 Å². The molecule has 0 fully saturated rings. The van der Waals surface area contributed by atoms with E-state index in [0.29, 0.717) is 0 Å². The van der Waals surface area contributed by atoms with Crippen LogP contribution >= 0.6 is 0 Å². The van der Waals surface area contributed by atoms with E-state index in [1.54, 1.807) is 0 Å². The Morgan fingerprint density at radius 3 is 1.52 bits per heavy atom. The van der Waals surface area contributed by atoms with Gasteiger partial charge in [-0.2, -0.15) is 0 Å². The molecule has 0 N–H and O–H groups in total. The minimum Gasteiger partial charge on any atom is -0.103 e. The molecule has 0 saturated carbocycles. The van der Waals surface area contributed by atoms with Gasteiger partial charge in [-0.1, -0.05) is 90.7 Å². The third kappa shape index (κ3) is 12.9. The van der Waals surface area contributed by atoms with Crippen LogP contribution in [0.3, 0.4) is 0 Å². The minimum atomic E-state index is 0.821. The Balaban J connectivity index is 3.90. The molecule has 0 aromatic rings. The van der Waals surface area contributed by atoms with Gasteiger partial charge in [-0.25, -0.2) is 0 Å². The first-order valence-electron chi connectivity index (χ1n) is 9.35. The molecule has 21 heavy (non-hydrogen) atoms. The van der Waals surface area contributed by atoms with Gasteiger partial charge >= 0.3 is 0 Å². The summed E-state index contributed by atoms with van der Waals surface area (Å²) in [6.07, 6.45) is 19.2. The third-order valence-electron chi connectivity index (χ3n) is 4.72. The molecule has 0 bridgehead atoms. The fraction of sp³-hybridized carbons (Fsp3) is 0.810. The predicted octanol–water partition coefficient (Wildman–Crippen LogP) is 7.56. The van der Waals surface area contributed by atoms with Crippen LogP contribution in [0.5, 0.6) is 0 Å². The fourth-order valence-corrected chi connectivity index (χ4v) is 3.24. The van der Waals surface area contributed by atoms with Crippen molar-refractivity contribution in [2.45, 2.75) is 91.4 Å². The van der Waals surface area contributed by atoms with Crippen molar-refractivity contribution in [1.82, 2.24) is 0 Å². The van der Waals surface area contributed by atoms with E-state index >= 15 is 0 Å². The van der Waals surface area contributed by atoms with E-state index in [9.17, 15) is 0 Å². The van der Waals surface area contributed by atoms with E-state index in [1.807, 2.05) is 0 Å². The molecule has 0 aliphatic carbocycles. The lowest BCUT2D eigenvalue weighted by Gasteiger charge is -2.18. The van der Waals surface area contributed by atoms with Crippen molar-refractivity contribution in [2.75, 3.05) is 0 Å². The Bertz CT molecular complexity index is 218. The van der Waals surface area contributed by atoms with Gasteiger partial charge in [0, 0.05) is 0 Å². The smallest absolute Gasteiger partial charge is 0.0328 e. The normalized spacial score (nSPS) is 15.4. The second kappa shape index (κ2) is 14.4. The summed E-state index contributed by atoms with van der Waals surface area (Å²) in [7, 11) is 0. The van der Waals surface area contributed by atoms with Crippen LogP contribution in [0.4, 0.5) is 0 Å². The zero-order valence-electron chi connectivity index (χ0n) is 15.1. The highest BCUT2D eigenvalue weighted by Crippen LogP contribution is 2.25. The average molecular weight is 293 g/mol. The third-order valence-corrected chi connectivity index (χ3v) is 4.72. The highest BCUT2D eigenvalue weighted by molar-refractivity contribution is 4.72. The van der Waals surface area contributed by atoms with Gasteiger partial charge in [-0.15, -0.1) is 13.2 Å². The van der Waals surface area contributed by atoms with Crippen molar-refractivity contribution in [3.8, 4) is 0 Å². The molecule has 0 radical (unpaired) electrons. The molecule has 0 heteroatoms. The molecule has 0 spiro atoms. The number of hydrogen-bond acceptors (Lipinski definition) is 0. The molecule has 2 atom stereocenters. The molecule has 0 aromatic carbocycles. The van der Waals surface area contributed by atoms with Crippen LogP contribution < -0.4 is 0 Å². The van der Waals surface area contributed by atoms with Gasteiger partial charge in [-0.3, -0.25) is 0 Å².